The van der Waals surface area contributed by atoms with Crippen LogP contribution in [-0.2, 0) is 14.8 Å². The predicted octanol–water partition coefficient (Wildman–Crippen LogP) is 1.93. The van der Waals surface area contributed by atoms with Gasteiger partial charge in [0.15, 0.2) is 0 Å². The van der Waals surface area contributed by atoms with E-state index in [1.165, 1.54) is 23.9 Å². The van der Waals surface area contributed by atoms with Crippen LogP contribution in [0.1, 0.15) is 6.42 Å². The number of hydrogen-bond acceptors (Lipinski definition) is 4. The quantitative estimate of drug-likeness (QED) is 0.769. The van der Waals surface area contributed by atoms with Crippen molar-refractivity contribution in [3.05, 3.63) is 28.7 Å². The summed E-state index contributed by atoms with van der Waals surface area (Å²) >= 11 is 4.65. The van der Waals surface area contributed by atoms with Crippen LogP contribution in [0.25, 0.3) is 0 Å². The normalized spacial score (nSPS) is 13.2. The van der Waals surface area contributed by atoms with Gasteiger partial charge in [0.05, 0.1) is 4.90 Å². The number of sulfonamides is 1. The van der Waals surface area contributed by atoms with Gasteiger partial charge in [-0.15, -0.1) is 0 Å². The van der Waals surface area contributed by atoms with Crippen molar-refractivity contribution in [1.82, 2.24) is 4.72 Å². The second-order valence-corrected chi connectivity index (χ2v) is 7.37. The number of benzene rings is 1. The van der Waals surface area contributed by atoms with E-state index in [4.69, 9.17) is 5.11 Å². The Kier molecular flexibility index (Phi) is 6.31. The first-order valence-electron chi connectivity index (χ1n) is 5.36. The van der Waals surface area contributed by atoms with Crippen molar-refractivity contribution in [2.75, 3.05) is 12.0 Å². The van der Waals surface area contributed by atoms with Crippen LogP contribution in [0.4, 0.5) is 0 Å². The SMILES string of the molecule is CSCC[C@H](NS(=O)(=O)c1cccc(Br)c1)C(=O)O. The molecule has 0 saturated carbocycles. The van der Waals surface area contributed by atoms with Crippen LogP contribution in [0, 0.1) is 0 Å². The zero-order valence-corrected chi connectivity index (χ0v) is 13.4. The van der Waals surface area contributed by atoms with E-state index in [-0.39, 0.29) is 11.3 Å². The lowest BCUT2D eigenvalue weighted by molar-refractivity contribution is -0.139. The molecule has 1 aromatic rings. The molecule has 0 fully saturated rings. The smallest absolute Gasteiger partial charge is 0.321 e. The summed E-state index contributed by atoms with van der Waals surface area (Å²) in [7, 11) is -3.83. The van der Waals surface area contributed by atoms with Gasteiger partial charge in [0.2, 0.25) is 10.0 Å². The summed E-state index contributed by atoms with van der Waals surface area (Å²) in [6.45, 7) is 0. The predicted molar refractivity (Wildman–Crippen MR) is 78.9 cm³/mol. The summed E-state index contributed by atoms with van der Waals surface area (Å²) in [6, 6.07) is 5.00. The van der Waals surface area contributed by atoms with Crippen LogP contribution in [0.3, 0.4) is 0 Å². The number of aliphatic carboxylic acids is 1. The molecule has 0 amide bonds. The van der Waals surface area contributed by atoms with Crippen molar-refractivity contribution in [1.29, 1.82) is 0 Å². The molecule has 0 heterocycles. The number of halogens is 1. The molecule has 1 atom stereocenters. The lowest BCUT2D eigenvalue weighted by Crippen LogP contribution is -2.41. The highest BCUT2D eigenvalue weighted by Gasteiger charge is 2.24. The third kappa shape index (κ3) is 5.13. The van der Waals surface area contributed by atoms with E-state index in [9.17, 15) is 13.2 Å². The molecule has 0 spiro atoms. The monoisotopic (exact) mass is 367 g/mol. The topological polar surface area (TPSA) is 83.5 Å². The van der Waals surface area contributed by atoms with Crippen molar-refractivity contribution < 1.29 is 18.3 Å². The fourth-order valence-electron chi connectivity index (χ4n) is 1.36. The van der Waals surface area contributed by atoms with Gasteiger partial charge in [-0.2, -0.15) is 16.5 Å². The van der Waals surface area contributed by atoms with Crippen LogP contribution in [-0.4, -0.2) is 37.5 Å². The van der Waals surface area contributed by atoms with E-state index >= 15 is 0 Å². The van der Waals surface area contributed by atoms with Crippen molar-refractivity contribution in [3.8, 4) is 0 Å². The number of nitrogens with one attached hydrogen (secondary N) is 1. The van der Waals surface area contributed by atoms with E-state index in [2.05, 4.69) is 20.7 Å². The molecule has 0 aliphatic rings. The number of carboxylic acid groups (broad SMARTS) is 1. The summed E-state index contributed by atoms with van der Waals surface area (Å²) in [4.78, 5) is 11.1. The van der Waals surface area contributed by atoms with Crippen LogP contribution in [0.15, 0.2) is 33.6 Å². The second-order valence-electron chi connectivity index (χ2n) is 3.75. The Bertz CT molecular complexity index is 547. The van der Waals surface area contributed by atoms with Gasteiger partial charge in [-0.05, 0) is 36.6 Å². The van der Waals surface area contributed by atoms with Gasteiger partial charge in [-0.1, -0.05) is 22.0 Å². The molecule has 1 aromatic carbocycles. The van der Waals surface area contributed by atoms with Crippen molar-refractivity contribution in [2.24, 2.45) is 0 Å². The Labute approximate surface area is 125 Å². The molecule has 0 saturated heterocycles. The molecule has 0 unspecified atom stereocenters. The minimum atomic E-state index is -3.83. The van der Waals surface area contributed by atoms with Gasteiger partial charge in [-0.3, -0.25) is 4.79 Å². The molecular weight excluding hydrogens is 354 g/mol. The minimum absolute atomic E-state index is 0.0391. The highest BCUT2D eigenvalue weighted by Crippen LogP contribution is 2.16. The summed E-state index contributed by atoms with van der Waals surface area (Å²) in [5.41, 5.74) is 0. The molecule has 0 radical (unpaired) electrons. The molecule has 8 heteroatoms. The molecule has 106 valence electrons. The Morgan fingerprint density at radius 2 is 2.21 bits per heavy atom. The standard InChI is InChI=1S/C11H14BrNO4S2/c1-18-6-5-10(11(14)15)13-19(16,17)9-4-2-3-8(12)7-9/h2-4,7,10,13H,5-6H2,1H3,(H,14,15)/t10-/m0/s1. The zero-order valence-electron chi connectivity index (χ0n) is 10.2. The maximum atomic E-state index is 12.1. The number of rotatable bonds is 7. The van der Waals surface area contributed by atoms with Crippen LogP contribution in [0.5, 0.6) is 0 Å². The maximum absolute atomic E-state index is 12.1. The van der Waals surface area contributed by atoms with E-state index in [1.54, 1.807) is 12.1 Å². The molecular formula is C11H14BrNO4S2. The van der Waals surface area contributed by atoms with Crippen LogP contribution >= 0.6 is 27.7 Å². The number of thioether (sulfide) groups is 1. The van der Waals surface area contributed by atoms with E-state index in [1.807, 2.05) is 6.26 Å². The van der Waals surface area contributed by atoms with Gasteiger partial charge >= 0.3 is 5.97 Å². The average Bonchev–Trinajstić information content (AvgIpc) is 2.34. The van der Waals surface area contributed by atoms with Gasteiger partial charge in [0, 0.05) is 4.47 Å². The number of carboxylic acids is 1. The molecule has 0 aliphatic carbocycles. The largest absolute Gasteiger partial charge is 0.480 e. The van der Waals surface area contributed by atoms with Gasteiger partial charge in [0.1, 0.15) is 6.04 Å². The first kappa shape index (κ1) is 16.5. The molecule has 0 bridgehead atoms. The second kappa shape index (κ2) is 7.28. The Morgan fingerprint density at radius 3 is 2.74 bits per heavy atom. The third-order valence-electron chi connectivity index (χ3n) is 2.31. The van der Waals surface area contributed by atoms with Gasteiger partial charge in [0.25, 0.3) is 0 Å². The highest BCUT2D eigenvalue weighted by atomic mass is 79.9. The van der Waals surface area contributed by atoms with Crippen LogP contribution < -0.4 is 4.72 Å². The fourth-order valence-corrected chi connectivity index (χ4v) is 3.65. The molecule has 2 N–H and O–H groups in total. The fraction of sp³-hybridized carbons (Fsp3) is 0.364. The van der Waals surface area contributed by atoms with E-state index in [0.29, 0.717) is 10.2 Å². The summed E-state index contributed by atoms with van der Waals surface area (Å²) < 4.78 is 26.9. The van der Waals surface area contributed by atoms with Crippen molar-refractivity contribution in [3.63, 3.8) is 0 Å². The van der Waals surface area contributed by atoms with Gasteiger partial charge < -0.3 is 5.11 Å². The molecule has 5 nitrogen and oxygen atoms in total. The number of hydrogen-bond donors (Lipinski definition) is 2. The highest BCUT2D eigenvalue weighted by molar-refractivity contribution is 9.10. The summed E-state index contributed by atoms with van der Waals surface area (Å²) in [6.07, 6.45) is 2.07. The number of carbonyl (C=O) groups is 1. The maximum Gasteiger partial charge on any atom is 0.321 e. The Hall–Kier alpha value is -0.570. The Morgan fingerprint density at radius 1 is 1.53 bits per heavy atom. The van der Waals surface area contributed by atoms with Crippen molar-refractivity contribution in [2.45, 2.75) is 17.4 Å². The summed E-state index contributed by atoms with van der Waals surface area (Å²) in [5, 5.41) is 9.02. The van der Waals surface area contributed by atoms with Gasteiger partial charge in [-0.25, -0.2) is 8.42 Å². The first-order chi connectivity index (χ1) is 8.86. The third-order valence-corrected chi connectivity index (χ3v) is 4.92. The minimum Gasteiger partial charge on any atom is -0.480 e. The molecule has 1 rings (SSSR count). The summed E-state index contributed by atoms with van der Waals surface area (Å²) in [5.74, 6) is -0.606. The van der Waals surface area contributed by atoms with Crippen LogP contribution in [0.2, 0.25) is 0 Å². The lowest BCUT2D eigenvalue weighted by atomic mass is 10.2. The average molecular weight is 368 g/mol. The molecule has 0 aliphatic heterocycles. The van der Waals surface area contributed by atoms with E-state index < -0.39 is 22.0 Å². The lowest BCUT2D eigenvalue weighted by Gasteiger charge is -2.14. The molecule has 0 aromatic heterocycles. The van der Waals surface area contributed by atoms with E-state index in [0.717, 1.165) is 0 Å². The van der Waals surface area contributed by atoms with Crippen molar-refractivity contribution >= 4 is 43.7 Å². The first-order valence-corrected chi connectivity index (χ1v) is 9.03. The zero-order chi connectivity index (χ0) is 14.5. The molecule has 19 heavy (non-hydrogen) atoms. The Balaban J connectivity index is 2.91.